The molecule has 0 aliphatic carbocycles. The molecule has 1 amide bonds. The maximum Gasteiger partial charge on any atom is 0.243 e. The molecule has 1 aliphatic rings. The number of likely N-dealkylation sites (tertiary alicyclic amines) is 1. The number of aryl methyl sites for hydroxylation is 1. The number of hydrogen-bond donors (Lipinski definition) is 1. The molecule has 0 unspecified atom stereocenters. The predicted octanol–water partition coefficient (Wildman–Crippen LogP) is 3.01. The number of benzene rings is 1. The van der Waals surface area contributed by atoms with E-state index in [1.165, 1.54) is 18.8 Å². The van der Waals surface area contributed by atoms with Crippen LogP contribution in [0.5, 0.6) is 11.5 Å². The van der Waals surface area contributed by atoms with Crippen molar-refractivity contribution < 1.29 is 31.8 Å². The fourth-order valence-electron chi connectivity index (χ4n) is 4.54. The molecule has 3 heterocycles. The van der Waals surface area contributed by atoms with E-state index in [2.05, 4.69) is 14.9 Å². The molecular formula is C25H33N5O7S. The highest BCUT2D eigenvalue weighted by molar-refractivity contribution is 7.93. The summed E-state index contributed by atoms with van der Waals surface area (Å²) in [6, 6.07) is 8.50. The first-order valence-electron chi connectivity index (χ1n) is 12.2. The van der Waals surface area contributed by atoms with Gasteiger partial charge in [0, 0.05) is 20.1 Å². The number of piperidine rings is 1. The first-order valence-corrected chi connectivity index (χ1v) is 13.8. The third-order valence-electron chi connectivity index (χ3n) is 6.51. The zero-order chi connectivity index (χ0) is 27.4. The molecule has 2 atom stereocenters. The largest absolute Gasteiger partial charge is 0.494 e. The Morgan fingerprint density at radius 2 is 1.84 bits per heavy atom. The number of hydrogen-bond acceptors (Lipinski definition) is 9. The van der Waals surface area contributed by atoms with Gasteiger partial charge in [-0.25, -0.2) is 8.42 Å². The normalized spacial score (nSPS) is 16.9. The molecule has 206 valence electrons. The number of carbonyl (C=O) groups excluding carboxylic acids is 1. The fraction of sp³-hybridized carbons (Fsp3) is 0.480. The number of sulfonamides is 1. The van der Waals surface area contributed by atoms with Gasteiger partial charge in [-0.05, 0) is 51.0 Å². The van der Waals surface area contributed by atoms with Crippen molar-refractivity contribution in [2.45, 2.75) is 44.4 Å². The van der Waals surface area contributed by atoms with Crippen molar-refractivity contribution in [2.24, 2.45) is 0 Å². The Labute approximate surface area is 221 Å². The van der Waals surface area contributed by atoms with E-state index in [1.807, 2.05) is 0 Å². The summed E-state index contributed by atoms with van der Waals surface area (Å²) in [6.07, 6.45) is 1.89. The topological polar surface area (TPSA) is 138 Å². The zero-order valence-corrected chi connectivity index (χ0v) is 22.9. The van der Waals surface area contributed by atoms with E-state index in [4.69, 9.17) is 18.6 Å². The molecule has 4 rings (SSSR count). The summed E-state index contributed by atoms with van der Waals surface area (Å²) in [5.41, 5.74) is 0.392. The number of furan rings is 1. The van der Waals surface area contributed by atoms with Crippen molar-refractivity contribution in [1.82, 2.24) is 19.7 Å². The SMILES string of the molecule is COC[C@H]1CCCC(=O)N1C[C@H](C)S(=O)(=O)Nc1nnc(-c2ccc(C)o2)n1-c1c(OC)cccc1OC. The summed E-state index contributed by atoms with van der Waals surface area (Å²) >= 11 is 0. The minimum Gasteiger partial charge on any atom is -0.494 e. The van der Waals surface area contributed by atoms with Crippen molar-refractivity contribution in [1.29, 1.82) is 0 Å². The third kappa shape index (κ3) is 5.48. The standard InChI is InChI=1S/C25H33N5O7S/c1-16-12-13-21(37-16)24-26-27-25(30(24)23-19(35-4)9-7-10-20(23)36-5)28-38(32,33)17(2)14-29-18(15-34-3)8-6-11-22(29)31/h7,9-10,12-13,17-18H,6,8,11,14-15H2,1-5H3,(H,27,28)/t17-,18+/m0/s1. The number of ether oxygens (including phenoxy) is 3. The molecular weight excluding hydrogens is 514 g/mol. The van der Waals surface area contributed by atoms with E-state index < -0.39 is 15.3 Å². The summed E-state index contributed by atoms with van der Waals surface area (Å²) in [6.45, 7) is 3.70. The zero-order valence-electron chi connectivity index (χ0n) is 22.1. The van der Waals surface area contributed by atoms with Crippen LogP contribution >= 0.6 is 0 Å². The molecule has 1 N–H and O–H groups in total. The molecule has 3 aromatic rings. The van der Waals surface area contributed by atoms with Gasteiger partial charge in [-0.15, -0.1) is 10.2 Å². The number of nitrogens with one attached hydrogen (secondary N) is 1. The fourth-order valence-corrected chi connectivity index (χ4v) is 5.48. The number of para-hydroxylation sites is 1. The highest BCUT2D eigenvalue weighted by Crippen LogP contribution is 2.38. The van der Waals surface area contributed by atoms with Crippen molar-refractivity contribution in [3.8, 4) is 28.8 Å². The third-order valence-corrected chi connectivity index (χ3v) is 8.19. The number of rotatable bonds is 11. The molecule has 12 nitrogen and oxygen atoms in total. The van der Waals surface area contributed by atoms with E-state index >= 15 is 0 Å². The van der Waals surface area contributed by atoms with Crippen LogP contribution in [-0.2, 0) is 19.6 Å². The van der Waals surface area contributed by atoms with Crippen molar-refractivity contribution in [3.05, 3.63) is 36.1 Å². The van der Waals surface area contributed by atoms with Gasteiger partial charge in [-0.2, -0.15) is 0 Å². The number of anilines is 1. The lowest BCUT2D eigenvalue weighted by Gasteiger charge is -2.36. The summed E-state index contributed by atoms with van der Waals surface area (Å²) in [7, 11) is 0.532. The maximum absolute atomic E-state index is 13.5. The monoisotopic (exact) mass is 547 g/mol. The molecule has 13 heteroatoms. The Bertz CT molecular complexity index is 1360. The molecule has 1 fully saturated rings. The van der Waals surface area contributed by atoms with Gasteiger partial charge in [-0.3, -0.25) is 14.1 Å². The van der Waals surface area contributed by atoms with Gasteiger partial charge in [0.05, 0.1) is 32.1 Å². The number of aromatic nitrogens is 3. The molecule has 0 saturated carbocycles. The van der Waals surface area contributed by atoms with Crippen molar-refractivity contribution in [2.75, 3.05) is 39.2 Å². The Morgan fingerprint density at radius 3 is 2.45 bits per heavy atom. The van der Waals surface area contributed by atoms with E-state index in [0.29, 0.717) is 41.7 Å². The Balaban J connectivity index is 1.73. The second-order valence-electron chi connectivity index (χ2n) is 9.11. The minimum atomic E-state index is -4.03. The van der Waals surface area contributed by atoms with Crippen LogP contribution in [0.4, 0.5) is 5.95 Å². The molecule has 38 heavy (non-hydrogen) atoms. The summed E-state index contributed by atoms with van der Waals surface area (Å²) in [5.74, 6) is 1.92. The van der Waals surface area contributed by atoms with Crippen molar-refractivity contribution >= 4 is 21.9 Å². The van der Waals surface area contributed by atoms with Crippen LogP contribution in [0, 0.1) is 6.92 Å². The Kier molecular flexibility index (Phi) is 8.26. The van der Waals surface area contributed by atoms with Gasteiger partial charge in [0.15, 0.2) is 5.76 Å². The number of methoxy groups -OCH3 is 3. The van der Waals surface area contributed by atoms with Crippen LogP contribution in [0.3, 0.4) is 0 Å². The van der Waals surface area contributed by atoms with E-state index in [9.17, 15) is 13.2 Å². The van der Waals surface area contributed by atoms with Gasteiger partial charge in [0.1, 0.15) is 22.9 Å². The van der Waals surface area contributed by atoms with Crippen LogP contribution in [0.1, 0.15) is 31.9 Å². The molecule has 1 aromatic carbocycles. The molecule has 0 radical (unpaired) electrons. The lowest BCUT2D eigenvalue weighted by Crippen LogP contribution is -2.50. The van der Waals surface area contributed by atoms with Crippen molar-refractivity contribution in [3.63, 3.8) is 0 Å². The second-order valence-corrected chi connectivity index (χ2v) is 11.2. The highest BCUT2D eigenvalue weighted by Gasteiger charge is 2.34. The first kappa shape index (κ1) is 27.5. The predicted molar refractivity (Wildman–Crippen MR) is 140 cm³/mol. The Hall–Kier alpha value is -3.58. The smallest absolute Gasteiger partial charge is 0.243 e. The average Bonchev–Trinajstić information content (AvgIpc) is 3.50. The van der Waals surface area contributed by atoms with Crippen LogP contribution in [-0.4, -0.2) is 79.8 Å². The van der Waals surface area contributed by atoms with E-state index in [0.717, 1.165) is 12.8 Å². The number of amides is 1. The summed E-state index contributed by atoms with van der Waals surface area (Å²) in [5, 5.41) is 7.43. The van der Waals surface area contributed by atoms with Gasteiger partial charge in [-0.1, -0.05) is 6.07 Å². The molecule has 2 aromatic heterocycles. The van der Waals surface area contributed by atoms with Gasteiger partial charge >= 0.3 is 0 Å². The minimum absolute atomic E-state index is 0.0124. The lowest BCUT2D eigenvalue weighted by atomic mass is 10.0. The average molecular weight is 548 g/mol. The lowest BCUT2D eigenvalue weighted by molar-refractivity contribution is -0.137. The number of carbonyl (C=O) groups is 1. The maximum atomic E-state index is 13.5. The van der Waals surface area contributed by atoms with Crippen LogP contribution in [0.25, 0.3) is 17.3 Å². The first-order chi connectivity index (χ1) is 18.2. The van der Waals surface area contributed by atoms with Crippen LogP contribution < -0.4 is 14.2 Å². The molecule has 1 aliphatic heterocycles. The highest BCUT2D eigenvalue weighted by atomic mass is 32.2. The van der Waals surface area contributed by atoms with E-state index in [-0.39, 0.29) is 30.3 Å². The summed E-state index contributed by atoms with van der Waals surface area (Å²) in [4.78, 5) is 14.2. The van der Waals surface area contributed by atoms with Gasteiger partial charge in [0.2, 0.25) is 27.7 Å². The van der Waals surface area contributed by atoms with E-state index in [1.54, 1.807) is 56.2 Å². The molecule has 0 spiro atoms. The summed E-state index contributed by atoms with van der Waals surface area (Å²) < 4.78 is 53.3. The quantitative estimate of drug-likeness (QED) is 0.384. The molecule has 1 saturated heterocycles. The second kappa shape index (κ2) is 11.4. The van der Waals surface area contributed by atoms with Crippen LogP contribution in [0.15, 0.2) is 34.7 Å². The van der Waals surface area contributed by atoms with Gasteiger partial charge < -0.3 is 23.5 Å². The molecule has 0 bridgehead atoms. The van der Waals surface area contributed by atoms with Crippen LogP contribution in [0.2, 0.25) is 0 Å². The Morgan fingerprint density at radius 1 is 1.13 bits per heavy atom. The van der Waals surface area contributed by atoms with Gasteiger partial charge in [0.25, 0.3) is 0 Å². The number of nitrogens with zero attached hydrogens (tertiary/aromatic N) is 4.